The molecule has 0 N–H and O–H groups in total. The fourth-order valence-electron chi connectivity index (χ4n) is 2.95. The molecule has 0 unspecified atom stereocenters. The predicted molar refractivity (Wildman–Crippen MR) is 96.5 cm³/mol. The molecule has 1 aliphatic rings. The van der Waals surface area contributed by atoms with Gasteiger partial charge in [-0.25, -0.2) is 22.0 Å². The lowest BCUT2D eigenvalue weighted by Crippen LogP contribution is -2.48. The molecule has 6 nitrogen and oxygen atoms in total. The largest absolute Gasteiger partial charge is 0.423 e. The van der Waals surface area contributed by atoms with Crippen molar-refractivity contribution in [3.8, 4) is 5.75 Å². The van der Waals surface area contributed by atoms with Crippen molar-refractivity contribution >= 4 is 16.0 Å². The van der Waals surface area contributed by atoms with Crippen LogP contribution in [0.5, 0.6) is 5.75 Å². The van der Waals surface area contributed by atoms with Gasteiger partial charge in [-0.15, -0.1) is 0 Å². The summed E-state index contributed by atoms with van der Waals surface area (Å²) in [4.78, 5) is 12.2. The molecule has 1 fully saturated rings. The van der Waals surface area contributed by atoms with Gasteiger partial charge < -0.3 is 9.47 Å². The highest BCUT2D eigenvalue weighted by Gasteiger charge is 2.32. The Morgan fingerprint density at radius 2 is 1.64 bits per heavy atom. The number of ether oxygens (including phenoxy) is 2. The minimum absolute atomic E-state index is 0.0400. The van der Waals surface area contributed by atoms with Gasteiger partial charge in [0.15, 0.2) is 11.6 Å². The summed E-state index contributed by atoms with van der Waals surface area (Å²) in [5, 5.41) is 0. The second-order valence-corrected chi connectivity index (χ2v) is 8.51. The predicted octanol–water partition coefficient (Wildman–Crippen LogP) is 2.98. The van der Waals surface area contributed by atoms with E-state index >= 15 is 0 Å². The first-order valence-corrected chi connectivity index (χ1v) is 10.0. The van der Waals surface area contributed by atoms with E-state index in [1.807, 2.05) is 0 Å². The fraction of sp³-hybridized carbons (Fsp3) is 0.316. The lowest BCUT2D eigenvalue weighted by atomic mass is 10.2. The Morgan fingerprint density at radius 1 is 1.04 bits per heavy atom. The van der Waals surface area contributed by atoms with E-state index in [9.17, 15) is 22.0 Å². The Hall–Kier alpha value is -2.36. The van der Waals surface area contributed by atoms with Crippen molar-refractivity contribution in [2.75, 3.05) is 13.1 Å². The third-order valence-electron chi connectivity index (χ3n) is 4.22. The van der Waals surface area contributed by atoms with Gasteiger partial charge >= 0.3 is 5.97 Å². The van der Waals surface area contributed by atoms with Crippen molar-refractivity contribution in [2.24, 2.45) is 0 Å². The van der Waals surface area contributed by atoms with E-state index < -0.39 is 27.6 Å². The molecule has 1 heterocycles. The van der Waals surface area contributed by atoms with Crippen LogP contribution in [0.4, 0.5) is 8.78 Å². The standard InChI is InChI=1S/C19H19F2NO5S/c1-12-10-22(11-13(2)26-12)28(24,25)16-6-3-14(4-7-16)19(23)27-15-5-8-17(20)18(21)9-15/h3-9,12-13H,10-11H2,1-2H3/t12-,13+. The molecule has 2 aromatic rings. The molecule has 1 saturated heterocycles. The molecule has 150 valence electrons. The number of benzene rings is 2. The van der Waals surface area contributed by atoms with E-state index in [0.29, 0.717) is 0 Å². The van der Waals surface area contributed by atoms with E-state index in [2.05, 4.69) is 0 Å². The summed E-state index contributed by atoms with van der Waals surface area (Å²) in [7, 11) is -3.73. The Labute approximate surface area is 161 Å². The number of esters is 1. The van der Waals surface area contributed by atoms with Gasteiger partial charge in [0.25, 0.3) is 0 Å². The maximum Gasteiger partial charge on any atom is 0.343 e. The Kier molecular flexibility index (Phi) is 5.78. The Bertz CT molecular complexity index is 968. The van der Waals surface area contributed by atoms with Crippen molar-refractivity contribution in [3.63, 3.8) is 0 Å². The molecular weight excluding hydrogens is 392 g/mol. The monoisotopic (exact) mass is 411 g/mol. The van der Waals surface area contributed by atoms with Crippen LogP contribution < -0.4 is 4.74 Å². The highest BCUT2D eigenvalue weighted by Crippen LogP contribution is 2.22. The van der Waals surface area contributed by atoms with Gasteiger partial charge in [-0.2, -0.15) is 4.31 Å². The summed E-state index contributed by atoms with van der Waals surface area (Å²) in [6, 6.07) is 7.95. The van der Waals surface area contributed by atoms with Crippen LogP contribution in [-0.4, -0.2) is 44.0 Å². The van der Waals surface area contributed by atoms with E-state index in [4.69, 9.17) is 9.47 Å². The van der Waals surface area contributed by atoms with Crippen LogP contribution in [0.1, 0.15) is 24.2 Å². The number of carbonyl (C=O) groups excluding carboxylic acids is 1. The van der Waals surface area contributed by atoms with Crippen molar-refractivity contribution < 1.29 is 31.5 Å². The first-order chi connectivity index (χ1) is 13.2. The molecule has 2 aromatic carbocycles. The first kappa shape index (κ1) is 20.4. The summed E-state index contributed by atoms with van der Waals surface area (Å²) < 4.78 is 63.6. The molecule has 3 rings (SSSR count). The van der Waals surface area contributed by atoms with Crippen LogP contribution in [0.3, 0.4) is 0 Å². The molecule has 0 spiro atoms. The first-order valence-electron chi connectivity index (χ1n) is 8.59. The summed E-state index contributed by atoms with van der Waals surface area (Å²) in [5.41, 5.74) is 0.0763. The highest BCUT2D eigenvalue weighted by molar-refractivity contribution is 7.89. The number of morpholine rings is 1. The summed E-state index contributed by atoms with van der Waals surface area (Å²) >= 11 is 0. The Morgan fingerprint density at radius 3 is 2.21 bits per heavy atom. The number of rotatable bonds is 4. The number of sulfonamides is 1. The molecule has 0 amide bonds. The highest BCUT2D eigenvalue weighted by atomic mass is 32.2. The third kappa shape index (κ3) is 4.37. The van der Waals surface area contributed by atoms with Crippen molar-refractivity contribution in [1.29, 1.82) is 0 Å². The molecule has 9 heteroatoms. The molecule has 0 aliphatic carbocycles. The van der Waals surface area contributed by atoms with Crippen molar-refractivity contribution in [3.05, 3.63) is 59.7 Å². The number of nitrogens with zero attached hydrogens (tertiary/aromatic N) is 1. The molecule has 0 radical (unpaired) electrons. The third-order valence-corrected chi connectivity index (χ3v) is 6.06. The fourth-order valence-corrected chi connectivity index (χ4v) is 4.54. The van der Waals surface area contributed by atoms with Crippen LogP contribution in [0.2, 0.25) is 0 Å². The quantitative estimate of drug-likeness (QED) is 0.571. The van der Waals surface area contributed by atoms with E-state index in [1.165, 1.54) is 28.6 Å². The second kappa shape index (κ2) is 7.94. The summed E-state index contributed by atoms with van der Waals surface area (Å²) in [6.45, 7) is 4.09. The molecular formula is C19H19F2NO5S. The lowest BCUT2D eigenvalue weighted by molar-refractivity contribution is -0.0440. The van der Waals surface area contributed by atoms with Crippen LogP contribution in [0, 0.1) is 11.6 Å². The van der Waals surface area contributed by atoms with E-state index in [-0.39, 0.29) is 41.5 Å². The van der Waals surface area contributed by atoms with Gasteiger partial charge in [0, 0.05) is 19.2 Å². The van der Waals surface area contributed by atoms with E-state index in [1.54, 1.807) is 13.8 Å². The number of hydrogen-bond acceptors (Lipinski definition) is 5. The molecule has 0 saturated carbocycles. The summed E-state index contributed by atoms with van der Waals surface area (Å²) in [6.07, 6.45) is -0.437. The minimum Gasteiger partial charge on any atom is -0.423 e. The van der Waals surface area contributed by atoms with Crippen LogP contribution in [0.15, 0.2) is 47.4 Å². The maximum atomic E-state index is 13.2. The van der Waals surface area contributed by atoms with Crippen LogP contribution in [-0.2, 0) is 14.8 Å². The average Bonchev–Trinajstić information content (AvgIpc) is 2.64. The lowest BCUT2D eigenvalue weighted by Gasteiger charge is -2.34. The zero-order valence-electron chi connectivity index (χ0n) is 15.3. The van der Waals surface area contributed by atoms with Crippen molar-refractivity contribution in [1.82, 2.24) is 4.31 Å². The average molecular weight is 411 g/mol. The normalized spacial score (nSPS) is 20.7. The van der Waals surface area contributed by atoms with Crippen LogP contribution >= 0.6 is 0 Å². The van der Waals surface area contributed by atoms with Gasteiger partial charge in [-0.05, 0) is 50.2 Å². The molecule has 28 heavy (non-hydrogen) atoms. The van der Waals surface area contributed by atoms with E-state index in [0.717, 1.165) is 18.2 Å². The van der Waals surface area contributed by atoms with Crippen molar-refractivity contribution in [2.45, 2.75) is 31.0 Å². The second-order valence-electron chi connectivity index (χ2n) is 6.57. The van der Waals surface area contributed by atoms with Crippen LogP contribution in [0.25, 0.3) is 0 Å². The smallest absolute Gasteiger partial charge is 0.343 e. The van der Waals surface area contributed by atoms with Gasteiger partial charge in [-0.1, -0.05) is 0 Å². The SMILES string of the molecule is C[C@@H]1CN(S(=O)(=O)c2ccc(C(=O)Oc3ccc(F)c(F)c3)cc2)C[C@H](C)O1. The molecule has 0 bridgehead atoms. The minimum atomic E-state index is -3.73. The number of halogens is 2. The van der Waals surface area contributed by atoms with Gasteiger partial charge in [0.05, 0.1) is 22.7 Å². The molecule has 1 aliphatic heterocycles. The number of carbonyl (C=O) groups is 1. The zero-order chi connectivity index (χ0) is 20.5. The summed E-state index contributed by atoms with van der Waals surface area (Å²) in [5.74, 6) is -3.16. The Balaban J connectivity index is 1.75. The van der Waals surface area contributed by atoms with Gasteiger partial charge in [0.1, 0.15) is 5.75 Å². The van der Waals surface area contributed by atoms with Gasteiger partial charge in [0.2, 0.25) is 10.0 Å². The molecule has 2 atom stereocenters. The number of hydrogen-bond donors (Lipinski definition) is 0. The maximum absolute atomic E-state index is 13.2. The van der Waals surface area contributed by atoms with Gasteiger partial charge in [-0.3, -0.25) is 0 Å². The zero-order valence-corrected chi connectivity index (χ0v) is 16.1. The molecule has 0 aromatic heterocycles. The topological polar surface area (TPSA) is 72.9 Å².